The summed E-state index contributed by atoms with van der Waals surface area (Å²) in [6, 6.07) is 55.9. The van der Waals surface area contributed by atoms with Crippen LogP contribution in [0.4, 0.5) is 0 Å². The summed E-state index contributed by atoms with van der Waals surface area (Å²) in [6.45, 7) is 9.06. The molecule has 1 radical (unpaired) electrons. The molecule has 7 aromatic rings. The summed E-state index contributed by atoms with van der Waals surface area (Å²) in [7, 11) is 0. The predicted molar refractivity (Wildman–Crippen MR) is 222 cm³/mol. The Kier molecular flexibility index (Phi) is 9.63. The van der Waals surface area contributed by atoms with Crippen LogP contribution in [-0.4, -0.2) is 4.98 Å². The molecule has 1 spiro atoms. The monoisotopic (exact) mass is 877 g/mol. The average molecular weight is 877 g/mol. The van der Waals surface area contributed by atoms with Crippen molar-refractivity contribution >= 4 is 0 Å². The summed E-state index contributed by atoms with van der Waals surface area (Å²) in [6.07, 6.45) is 8.20. The van der Waals surface area contributed by atoms with Crippen molar-refractivity contribution in [3.63, 3.8) is 0 Å². The van der Waals surface area contributed by atoms with Gasteiger partial charge in [0.2, 0.25) is 0 Å². The van der Waals surface area contributed by atoms with E-state index in [-0.39, 0.29) is 30.9 Å². The van der Waals surface area contributed by atoms with Crippen molar-refractivity contribution < 1.29 is 20.1 Å². The normalized spacial score (nSPS) is 13.2. The number of benzene rings is 6. The Morgan fingerprint density at radius 2 is 1.13 bits per heavy atom. The van der Waals surface area contributed by atoms with Crippen LogP contribution in [-0.2, 0) is 37.4 Å². The third-order valence-electron chi connectivity index (χ3n) is 11.7. The second kappa shape index (κ2) is 14.4. The van der Waals surface area contributed by atoms with Crippen molar-refractivity contribution in [1.29, 1.82) is 0 Å². The molecule has 2 aliphatic rings. The minimum Gasteiger partial charge on any atom is -0.304 e. The van der Waals surface area contributed by atoms with E-state index in [1.165, 1.54) is 92.4 Å². The SMILES string of the molecule is CCCCCCc1ccc2c(c1)C1(c3ccccc3-c3ccccc31)c1cc(-c3ccc(-c4ccc(-c5ccc(C(C)(C)C)cc5)cc4)cn3)[c-]cc1-2.[Ir]. The van der Waals surface area contributed by atoms with E-state index in [0.29, 0.717) is 0 Å². The molecule has 269 valence electrons. The topological polar surface area (TPSA) is 12.9 Å². The van der Waals surface area contributed by atoms with E-state index in [4.69, 9.17) is 4.98 Å². The average Bonchev–Trinajstić information content (AvgIpc) is 3.66. The number of fused-ring (bicyclic) bond motifs is 10. The summed E-state index contributed by atoms with van der Waals surface area (Å²) in [5.41, 5.74) is 20.0. The third-order valence-corrected chi connectivity index (χ3v) is 11.7. The molecule has 1 nitrogen and oxygen atoms in total. The van der Waals surface area contributed by atoms with Crippen LogP contribution < -0.4 is 0 Å². The Hall–Kier alpha value is -4.88. The fraction of sp³-hybridized carbons (Fsp3) is 0.212. The van der Waals surface area contributed by atoms with Crippen LogP contribution in [0.15, 0.2) is 146 Å². The first kappa shape index (κ1) is 36.1. The Morgan fingerprint density at radius 1 is 0.556 bits per heavy atom. The maximum absolute atomic E-state index is 5.05. The van der Waals surface area contributed by atoms with E-state index in [1.54, 1.807) is 0 Å². The molecule has 2 aliphatic carbocycles. The fourth-order valence-electron chi connectivity index (χ4n) is 8.92. The smallest absolute Gasteiger partial charge is 0.0550 e. The van der Waals surface area contributed by atoms with Crippen LogP contribution in [0.3, 0.4) is 0 Å². The van der Waals surface area contributed by atoms with Gasteiger partial charge in [0.15, 0.2) is 0 Å². The zero-order chi connectivity index (χ0) is 36.2. The van der Waals surface area contributed by atoms with Crippen LogP contribution in [0, 0.1) is 6.07 Å². The van der Waals surface area contributed by atoms with Crippen LogP contribution in [0.1, 0.15) is 86.8 Å². The molecule has 9 rings (SSSR count). The second-order valence-corrected chi connectivity index (χ2v) is 16.0. The molecule has 0 N–H and O–H groups in total. The number of unbranched alkanes of at least 4 members (excludes halogenated alkanes) is 3. The van der Waals surface area contributed by atoms with Gasteiger partial charge in [-0.3, -0.25) is 0 Å². The molecule has 0 saturated heterocycles. The fourth-order valence-corrected chi connectivity index (χ4v) is 8.92. The Morgan fingerprint density at radius 3 is 1.74 bits per heavy atom. The van der Waals surface area contributed by atoms with Gasteiger partial charge < -0.3 is 4.98 Å². The number of aryl methyl sites for hydroxylation is 1. The van der Waals surface area contributed by atoms with Crippen molar-refractivity contribution in [3.8, 4) is 55.8 Å². The molecule has 6 aromatic carbocycles. The molecule has 0 atom stereocenters. The van der Waals surface area contributed by atoms with Crippen molar-refractivity contribution in [3.05, 3.63) is 185 Å². The largest absolute Gasteiger partial charge is 0.304 e. The molecule has 0 saturated carbocycles. The van der Waals surface area contributed by atoms with Gasteiger partial charge in [-0.05, 0) is 85.1 Å². The summed E-state index contributed by atoms with van der Waals surface area (Å²) in [4.78, 5) is 5.05. The Labute approximate surface area is 334 Å². The Bertz CT molecular complexity index is 2400. The first-order valence-corrected chi connectivity index (χ1v) is 19.4. The molecule has 0 aliphatic heterocycles. The molecule has 1 aromatic heterocycles. The van der Waals surface area contributed by atoms with Gasteiger partial charge in [-0.25, -0.2) is 0 Å². The van der Waals surface area contributed by atoms with Gasteiger partial charge in [-0.2, -0.15) is 0 Å². The molecule has 0 bridgehead atoms. The number of hydrogen-bond donors (Lipinski definition) is 0. The van der Waals surface area contributed by atoms with E-state index < -0.39 is 0 Å². The number of nitrogens with zero attached hydrogens (tertiary/aromatic N) is 1. The van der Waals surface area contributed by atoms with Crippen molar-refractivity contribution in [2.45, 2.75) is 70.6 Å². The van der Waals surface area contributed by atoms with Crippen LogP contribution >= 0.6 is 0 Å². The molecule has 0 fully saturated rings. The molecular weight excluding hydrogens is 831 g/mol. The van der Waals surface area contributed by atoms with Crippen molar-refractivity contribution in [1.82, 2.24) is 4.98 Å². The van der Waals surface area contributed by atoms with Gasteiger partial charge in [0.1, 0.15) is 0 Å². The maximum atomic E-state index is 5.05. The Balaban J connectivity index is 0.00000413. The van der Waals surface area contributed by atoms with Gasteiger partial charge in [-0.1, -0.05) is 185 Å². The third kappa shape index (κ3) is 6.01. The van der Waals surface area contributed by atoms with Crippen LogP contribution in [0.25, 0.3) is 55.8 Å². The minimum atomic E-state index is -0.379. The van der Waals surface area contributed by atoms with Crippen molar-refractivity contribution in [2.75, 3.05) is 0 Å². The summed E-state index contributed by atoms with van der Waals surface area (Å²) in [5, 5.41) is 0. The van der Waals surface area contributed by atoms with E-state index >= 15 is 0 Å². The van der Waals surface area contributed by atoms with Gasteiger partial charge in [-0.15, -0.1) is 29.3 Å². The van der Waals surface area contributed by atoms with E-state index in [9.17, 15) is 0 Å². The molecular formula is C52H46IrN-. The number of rotatable bonds is 8. The zero-order valence-electron chi connectivity index (χ0n) is 31.7. The zero-order valence-corrected chi connectivity index (χ0v) is 34.1. The number of hydrogen-bond acceptors (Lipinski definition) is 1. The first-order valence-electron chi connectivity index (χ1n) is 19.4. The van der Waals surface area contributed by atoms with Crippen LogP contribution in [0.2, 0.25) is 0 Å². The minimum absolute atomic E-state index is 0. The molecule has 0 unspecified atom stereocenters. The molecule has 1 heterocycles. The van der Waals surface area contributed by atoms with E-state index in [1.807, 2.05) is 6.20 Å². The van der Waals surface area contributed by atoms with Gasteiger partial charge >= 0.3 is 0 Å². The summed E-state index contributed by atoms with van der Waals surface area (Å²) in [5.74, 6) is 0. The molecule has 0 amide bonds. The van der Waals surface area contributed by atoms with Gasteiger partial charge in [0.25, 0.3) is 0 Å². The summed E-state index contributed by atoms with van der Waals surface area (Å²) < 4.78 is 0. The van der Waals surface area contributed by atoms with Gasteiger partial charge in [0, 0.05) is 26.3 Å². The summed E-state index contributed by atoms with van der Waals surface area (Å²) >= 11 is 0. The van der Waals surface area contributed by atoms with Gasteiger partial charge in [0.05, 0.1) is 5.41 Å². The predicted octanol–water partition coefficient (Wildman–Crippen LogP) is 13.6. The molecule has 54 heavy (non-hydrogen) atoms. The maximum Gasteiger partial charge on any atom is 0.0550 e. The first-order chi connectivity index (χ1) is 25.9. The van der Waals surface area contributed by atoms with E-state index in [0.717, 1.165) is 28.8 Å². The standard InChI is InChI=1S/C52H46N.Ir/c1-5-6-7-8-13-35-18-29-44-45-30-25-39(33-49(45)52(48(44)32-35)46-16-11-9-14-42(46)43-15-10-12-17-47(43)52)50-31-26-40(34-53-50)38-21-19-36(20-22-38)37-23-27-41(28-24-37)51(2,3)4;/h9-12,14-24,26-34H,5-8,13H2,1-4H3;/q-1;. The second-order valence-electron chi connectivity index (χ2n) is 16.0. The van der Waals surface area contributed by atoms with Crippen molar-refractivity contribution in [2.24, 2.45) is 0 Å². The van der Waals surface area contributed by atoms with E-state index in [2.05, 4.69) is 173 Å². The van der Waals surface area contributed by atoms with Crippen LogP contribution in [0.5, 0.6) is 0 Å². The quantitative estimate of drug-likeness (QED) is 0.109. The number of aromatic nitrogens is 1. The number of pyridine rings is 1. The molecule has 2 heteroatoms.